The van der Waals surface area contributed by atoms with Crippen molar-refractivity contribution in [2.24, 2.45) is 53.2 Å². The van der Waals surface area contributed by atoms with Crippen LogP contribution in [0.1, 0.15) is 174 Å². The first-order valence-corrected chi connectivity index (χ1v) is 46.2. The minimum Gasteiger partial charge on any atom is -0.488 e. The van der Waals surface area contributed by atoms with Crippen LogP contribution in [-0.4, -0.2) is 184 Å². The Bertz CT molecular complexity index is 4950. The normalized spacial score (nSPS) is 21.3. The summed E-state index contributed by atoms with van der Waals surface area (Å²) in [5.74, 6) is 4.77. The maximum atomic E-state index is 13.9. The average molecular weight is 2160 g/mol. The summed E-state index contributed by atoms with van der Waals surface area (Å²) in [5.41, 5.74) is 14.8. The van der Waals surface area contributed by atoms with Crippen molar-refractivity contribution in [2.45, 2.75) is 216 Å². The van der Waals surface area contributed by atoms with Gasteiger partial charge in [0.1, 0.15) is 23.8 Å². The monoisotopic (exact) mass is 2160 g/mol. The Morgan fingerprint density at radius 2 is 0.908 bits per heavy atom. The summed E-state index contributed by atoms with van der Waals surface area (Å²) >= 11 is 32.9. The molecule has 9 heterocycles. The zero-order chi connectivity index (χ0) is 96.9. The second-order valence-corrected chi connectivity index (χ2v) is 38.6. The quantitative estimate of drug-likeness (QED) is 0.00562. The number of hydrogen-bond donors (Lipinski definition) is 7. The van der Waals surface area contributed by atoms with E-state index in [-0.39, 0.29) is 151 Å². The fraction of sp³-hybridized carbons (Fsp3) is 0.553. The van der Waals surface area contributed by atoms with E-state index in [2.05, 4.69) is 95.8 Å². The van der Waals surface area contributed by atoms with Gasteiger partial charge in [-0.05, 0) is 265 Å². The Balaban J connectivity index is 0.000000242. The van der Waals surface area contributed by atoms with Crippen LogP contribution in [-0.2, 0) is 85.7 Å². The molecule has 3 aliphatic heterocycles. The topological polar surface area (TPSA) is 440 Å². The summed E-state index contributed by atoms with van der Waals surface area (Å²) in [6.07, 6.45) is 19.9. The van der Waals surface area contributed by atoms with Crippen molar-refractivity contribution in [1.82, 2.24) is 49.5 Å². The van der Waals surface area contributed by atoms with Crippen LogP contribution in [0.4, 0.5) is 20.4 Å². The van der Waals surface area contributed by atoms with Crippen LogP contribution in [0, 0.1) is 62.5 Å². The van der Waals surface area contributed by atoms with Crippen LogP contribution >= 0.6 is 101 Å². The third-order valence-corrected chi connectivity index (χ3v) is 25.7. The van der Waals surface area contributed by atoms with Crippen molar-refractivity contribution in [3.8, 4) is 22.6 Å². The molecule has 714 valence electrons. The van der Waals surface area contributed by atoms with Gasteiger partial charge in [0.15, 0.2) is 23.1 Å². The third kappa shape index (κ3) is 32.4. The molecular formula is C85H117B3Br2Cl4F2IN14NaO19. The van der Waals surface area contributed by atoms with Gasteiger partial charge < -0.3 is 94.7 Å². The largest absolute Gasteiger partial charge is 1.00 e. The first-order valence-electron chi connectivity index (χ1n) is 42.1. The predicted octanol–water partition coefficient (Wildman–Crippen LogP) is 13.2. The van der Waals surface area contributed by atoms with Crippen LogP contribution in [0.15, 0.2) is 107 Å². The second kappa shape index (κ2) is 51.0. The van der Waals surface area contributed by atoms with Gasteiger partial charge in [0.2, 0.25) is 0 Å². The number of carbonyl (C=O) groups excluding carboxylic acids is 4. The molecule has 33 nitrogen and oxygen atoms in total. The van der Waals surface area contributed by atoms with Crippen molar-refractivity contribution < 1.29 is 129 Å². The van der Waals surface area contributed by atoms with Gasteiger partial charge in [0, 0.05) is 118 Å². The molecule has 6 aromatic heterocycles. The second-order valence-electron chi connectivity index (χ2n) is 34.0. The van der Waals surface area contributed by atoms with Crippen molar-refractivity contribution in [3.63, 3.8) is 0 Å². The number of anilines is 2. The standard InChI is InChI=1S/C23H23Cl2FN4O3.C16H25BN2O4.C13H10Cl2FIN2O.C12H24B2O4.C10H13BrN2O2.C7H12O3.C3H3BrN2.CH4O.H3N2O.Na/c1-3-32-23(31)16-6-14(16)10-30-11-15(9-29-30)13-7-19(22(27)28-8-13)33-12(2)20-17(24)4-5-18(26)21(20)25;1-6-21-14(20)13-7-11(13)9-19-10-12(8-18-19)17-22-15(2,3)16(4,5)23-17;1-6(11-8(14)2-3-9(16)12(11)15)20-10-4-7(17)5-19-13(10)18;1-9(2)10(3,4)16-13(15-9)14-17-11(5,6)12(7,8)18-14;1-2-15-10(14)9-3-7(9)5-13-6-8(11)4-12-13;1-2-10-7(9)6-3-5(6)4-8;4-3-1-5-6-2-3;1-2;1-2-3;/h4-5,7-9,11-12,14,16H,3,6,10H2,1-2H3,(H2,27,28);8,10-11,13H,6-7,9H2,1-5H3;2-6H,1H3,(H2,18,19);1-8H3;4,6-7,9H,2-3,5H2,1H3;5-6,8H,2-4H2,1H3;1-2H,(H,5,6);2H,1H3;3H,1H2;/q;;;;;;;;-1;+1. The number of esters is 4. The number of H-pyrrole nitrogens is 1. The van der Waals surface area contributed by atoms with Gasteiger partial charge >= 0.3 is 74.6 Å². The van der Waals surface area contributed by atoms with Crippen molar-refractivity contribution in [2.75, 3.05) is 51.6 Å². The van der Waals surface area contributed by atoms with Crippen LogP contribution in [0.5, 0.6) is 11.5 Å². The average Bonchev–Trinajstić information content (AvgIpc) is 1.59. The van der Waals surface area contributed by atoms with Crippen LogP contribution in [0.3, 0.4) is 0 Å². The zero-order valence-electron chi connectivity index (χ0n) is 77.2. The van der Waals surface area contributed by atoms with Gasteiger partial charge in [0.05, 0.1) is 121 Å². The smallest absolute Gasteiger partial charge is 0.488 e. The van der Waals surface area contributed by atoms with E-state index in [4.69, 9.17) is 130 Å². The van der Waals surface area contributed by atoms with Gasteiger partial charge in [-0.1, -0.05) is 46.4 Å². The number of nitrogens with zero attached hydrogens (tertiary/aromatic N) is 10. The van der Waals surface area contributed by atoms with E-state index in [1.54, 1.807) is 87.9 Å². The molecular weight excluding hydrogens is 2040 g/mol. The summed E-state index contributed by atoms with van der Waals surface area (Å²) in [6, 6.07) is 8.75. The molecule has 15 rings (SSSR count). The number of aromatic nitrogens is 10. The van der Waals surface area contributed by atoms with Crippen molar-refractivity contribution >= 4 is 163 Å². The number of nitrogen functional groups attached to an aromatic ring is 2. The maximum absolute atomic E-state index is 13.9. The molecule has 10 unspecified atom stereocenters. The van der Waals surface area contributed by atoms with Crippen LogP contribution in [0.25, 0.3) is 16.7 Å². The number of hydrogen-bond acceptors (Lipinski definition) is 28. The van der Waals surface area contributed by atoms with Gasteiger partial charge in [-0.25, -0.2) is 18.7 Å². The number of halogens is 9. The van der Waals surface area contributed by atoms with E-state index in [0.717, 1.165) is 75.0 Å². The number of carbonyl (C=O) groups is 4. The molecule has 3 saturated heterocycles. The molecule has 10 N–H and O–H groups in total. The SMILES string of the molecule is Brc1cn[nH]c1.CC(Oc1cc(I)cnc1N)c1c(Cl)ccc(F)c1Cl.CC1(C)OB(B2OC(C)(C)C(C)(C)O2)OC1(C)C.CCOC(=O)C1CC1CO.CCOC(=O)C1CC1Cn1cc(-c2cnc(N)c(OC(C)c3c(Cl)ccc(F)c3Cl)c2)cn1.CCOC(=O)C1CC1Cn1cc(B2OC(C)(C)C(C)(C)O2)cn1.CCOC(=O)C1CC1Cn1cc(Br)cn1.CO.N[N-]O.[Na+]. The zero-order valence-corrected chi connectivity index (χ0v) is 87.6. The van der Waals surface area contributed by atoms with E-state index in [0.29, 0.717) is 77.5 Å². The first-order chi connectivity index (χ1) is 61.1. The van der Waals surface area contributed by atoms with Gasteiger partial charge in [-0.15, -0.1) is 0 Å². The number of aliphatic hydroxyl groups is 2. The number of nitrogens with one attached hydrogen (secondary N) is 1. The van der Waals surface area contributed by atoms with E-state index < -0.39 is 45.0 Å². The van der Waals surface area contributed by atoms with Gasteiger partial charge in [0.25, 0.3) is 0 Å². The molecule has 4 saturated carbocycles. The molecule has 8 aromatic rings. The summed E-state index contributed by atoms with van der Waals surface area (Å²) in [7, 11) is -0.346. The molecule has 0 bridgehead atoms. The van der Waals surface area contributed by atoms with Gasteiger partial charge in [-0.3, -0.25) is 38.3 Å². The number of ether oxygens (including phenoxy) is 6. The minimum absolute atomic E-state index is 0. The number of aliphatic hydroxyl groups excluding tert-OH is 2. The molecule has 7 aliphatic rings. The Labute approximate surface area is 837 Å². The number of nitrogens with two attached hydrogens (primary N) is 3. The fourth-order valence-electron chi connectivity index (χ4n) is 13.1. The first kappa shape index (κ1) is 114. The van der Waals surface area contributed by atoms with Crippen molar-refractivity contribution in [1.29, 1.82) is 0 Å². The summed E-state index contributed by atoms with van der Waals surface area (Å²) in [6.45, 7) is 39.0. The number of benzene rings is 2. The molecule has 46 heteroatoms. The molecule has 0 radical (unpaired) electrons. The molecule has 7 fully saturated rings. The summed E-state index contributed by atoms with van der Waals surface area (Å²) in [5, 5.41) is 42.2. The third-order valence-electron chi connectivity index (χ3n) is 22.8. The van der Waals surface area contributed by atoms with Crippen LogP contribution in [0.2, 0.25) is 20.1 Å². The molecule has 131 heavy (non-hydrogen) atoms. The molecule has 10 atom stereocenters. The molecule has 0 amide bonds. The Hall–Kier alpha value is -5.88. The fourth-order valence-corrected chi connectivity index (χ4v) is 15.4. The van der Waals surface area contributed by atoms with E-state index >= 15 is 0 Å². The van der Waals surface area contributed by atoms with Gasteiger partial charge in [-0.2, -0.15) is 20.4 Å². The van der Waals surface area contributed by atoms with E-state index in [1.165, 1.54) is 24.3 Å². The number of rotatable bonds is 24. The van der Waals surface area contributed by atoms with Crippen molar-refractivity contribution in [3.05, 3.63) is 159 Å². The maximum Gasteiger partial charge on any atom is 1.00 e. The molecule has 0 spiro atoms. The number of pyridine rings is 2. The minimum atomic E-state index is -0.669. The Kier molecular flexibility index (Phi) is 44.3. The Morgan fingerprint density at radius 1 is 0.550 bits per heavy atom. The molecule has 4 aliphatic carbocycles. The summed E-state index contributed by atoms with van der Waals surface area (Å²) in [4.78, 5) is 53.9. The molecule has 2 aromatic carbocycles. The van der Waals surface area contributed by atoms with E-state index in [9.17, 15) is 28.0 Å². The predicted molar refractivity (Wildman–Crippen MR) is 506 cm³/mol. The van der Waals surface area contributed by atoms with E-state index in [1.807, 2.05) is 130 Å². The van der Waals surface area contributed by atoms with Crippen LogP contribution < -0.4 is 61.8 Å². The number of aromatic amines is 1. The summed E-state index contributed by atoms with van der Waals surface area (Å²) < 4.78 is 103. The Morgan fingerprint density at radius 3 is 1.27 bits per heavy atom.